The number of carbonyl (C=O) groups excluding carboxylic acids is 1. The molecular weight excluding hydrogens is 364 g/mol. The fourth-order valence-corrected chi connectivity index (χ4v) is 3.01. The number of para-hydroxylation sites is 1. The van der Waals surface area contributed by atoms with Gasteiger partial charge >= 0.3 is 6.18 Å². The molecule has 146 valence electrons. The van der Waals surface area contributed by atoms with Crippen molar-refractivity contribution in [2.45, 2.75) is 50.4 Å². The van der Waals surface area contributed by atoms with Crippen molar-refractivity contribution in [2.24, 2.45) is 0 Å². The summed E-state index contributed by atoms with van der Waals surface area (Å²) in [6.07, 6.45) is -1.95. The van der Waals surface area contributed by atoms with Gasteiger partial charge in [-0.05, 0) is 38.3 Å². The predicted octanol–water partition coefficient (Wildman–Crippen LogP) is 4.38. The summed E-state index contributed by atoms with van der Waals surface area (Å²) < 4.78 is 58.3. The van der Waals surface area contributed by atoms with Crippen molar-refractivity contribution in [3.63, 3.8) is 0 Å². The van der Waals surface area contributed by atoms with Crippen molar-refractivity contribution in [2.75, 3.05) is 6.61 Å². The highest BCUT2D eigenvalue weighted by Crippen LogP contribution is 2.30. The van der Waals surface area contributed by atoms with Gasteiger partial charge in [0.05, 0.1) is 30.2 Å². The average molecular weight is 384 g/mol. The number of hydrogen-bond donors (Lipinski definition) is 1. The lowest BCUT2D eigenvalue weighted by Crippen LogP contribution is -2.53. The summed E-state index contributed by atoms with van der Waals surface area (Å²) in [4.78, 5) is 16.4. The fourth-order valence-electron chi connectivity index (χ4n) is 3.01. The Labute approximate surface area is 153 Å². The van der Waals surface area contributed by atoms with Gasteiger partial charge in [0.2, 0.25) is 0 Å². The van der Waals surface area contributed by atoms with E-state index in [0.717, 1.165) is 25.5 Å². The van der Waals surface area contributed by atoms with Gasteiger partial charge in [-0.2, -0.15) is 13.2 Å². The van der Waals surface area contributed by atoms with E-state index in [4.69, 9.17) is 4.74 Å². The molecule has 1 atom stereocenters. The molecule has 0 spiro atoms. The van der Waals surface area contributed by atoms with Crippen molar-refractivity contribution in [3.05, 3.63) is 41.8 Å². The van der Waals surface area contributed by atoms with Crippen molar-refractivity contribution >= 4 is 16.8 Å². The maximum absolute atomic E-state index is 13.7. The normalized spacial score (nSPS) is 17.4. The minimum Gasteiger partial charge on any atom is -0.376 e. The van der Waals surface area contributed by atoms with E-state index >= 15 is 0 Å². The van der Waals surface area contributed by atoms with Gasteiger partial charge in [-0.15, -0.1) is 0 Å². The highest BCUT2D eigenvalue weighted by molar-refractivity contribution is 5.97. The van der Waals surface area contributed by atoms with Gasteiger partial charge in [-0.25, -0.2) is 4.39 Å². The molecule has 1 aliphatic carbocycles. The molecule has 0 aliphatic heterocycles. The summed E-state index contributed by atoms with van der Waals surface area (Å²) in [6, 6.07) is 5.70. The minimum atomic E-state index is -4.46. The average Bonchev–Trinajstić information content (AvgIpc) is 2.51. The summed E-state index contributed by atoms with van der Waals surface area (Å²) in [7, 11) is 0. The Morgan fingerprint density at radius 1 is 1.33 bits per heavy atom. The predicted molar refractivity (Wildman–Crippen MR) is 91.8 cm³/mol. The number of nitrogens with one attached hydrogen (secondary N) is 1. The monoisotopic (exact) mass is 384 g/mol. The van der Waals surface area contributed by atoms with Crippen LogP contribution in [0.3, 0.4) is 0 Å². The van der Waals surface area contributed by atoms with Crippen LogP contribution in [0.5, 0.6) is 0 Å². The third kappa shape index (κ3) is 4.94. The molecule has 3 rings (SSSR count). The lowest BCUT2D eigenvalue weighted by atomic mass is 9.94. The zero-order chi connectivity index (χ0) is 19.7. The molecule has 1 N–H and O–H groups in total. The second kappa shape index (κ2) is 7.42. The first-order valence-electron chi connectivity index (χ1n) is 8.70. The first kappa shape index (κ1) is 19.5. The second-order valence-corrected chi connectivity index (χ2v) is 7.21. The molecule has 4 nitrogen and oxygen atoms in total. The number of amides is 1. The highest BCUT2D eigenvalue weighted by atomic mass is 19.4. The van der Waals surface area contributed by atoms with Crippen LogP contribution in [0.4, 0.5) is 17.6 Å². The van der Waals surface area contributed by atoms with E-state index in [1.54, 1.807) is 6.07 Å². The Morgan fingerprint density at radius 2 is 2.07 bits per heavy atom. The lowest BCUT2D eigenvalue weighted by molar-refractivity contribution is -0.156. The molecule has 0 bridgehead atoms. The smallest absolute Gasteiger partial charge is 0.376 e. The SMILES string of the molecule is C[C@](COC1CCC1)(CC(F)(F)F)NC(=O)c1cnc2c(F)cccc2c1. The molecule has 8 heteroatoms. The molecule has 1 amide bonds. The highest BCUT2D eigenvalue weighted by Gasteiger charge is 2.41. The Morgan fingerprint density at radius 3 is 2.70 bits per heavy atom. The van der Waals surface area contributed by atoms with Crippen molar-refractivity contribution in [1.82, 2.24) is 10.3 Å². The van der Waals surface area contributed by atoms with Crippen LogP contribution in [0.2, 0.25) is 0 Å². The number of halogens is 4. The number of rotatable bonds is 6. The largest absolute Gasteiger partial charge is 0.391 e. The molecule has 1 fully saturated rings. The first-order valence-corrected chi connectivity index (χ1v) is 8.70. The summed E-state index contributed by atoms with van der Waals surface area (Å²) in [6.45, 7) is 1.07. The molecule has 1 aromatic heterocycles. The lowest BCUT2D eigenvalue weighted by Gasteiger charge is -2.35. The van der Waals surface area contributed by atoms with Crippen LogP contribution in [0, 0.1) is 5.82 Å². The van der Waals surface area contributed by atoms with Crippen LogP contribution in [0.1, 0.15) is 43.0 Å². The number of alkyl halides is 3. The van der Waals surface area contributed by atoms with Gasteiger partial charge in [-0.3, -0.25) is 9.78 Å². The van der Waals surface area contributed by atoms with Gasteiger partial charge in [0.25, 0.3) is 5.91 Å². The maximum atomic E-state index is 13.7. The van der Waals surface area contributed by atoms with E-state index in [1.165, 1.54) is 25.1 Å². The summed E-state index contributed by atoms with van der Waals surface area (Å²) in [5.74, 6) is -1.24. The van der Waals surface area contributed by atoms with E-state index in [9.17, 15) is 22.4 Å². The molecule has 2 aromatic rings. The topological polar surface area (TPSA) is 51.2 Å². The molecule has 1 aliphatic rings. The van der Waals surface area contributed by atoms with E-state index < -0.39 is 29.9 Å². The van der Waals surface area contributed by atoms with Crippen LogP contribution in [-0.2, 0) is 4.74 Å². The molecule has 0 saturated heterocycles. The van der Waals surface area contributed by atoms with Crippen LogP contribution in [0.15, 0.2) is 30.5 Å². The Hall–Kier alpha value is -2.22. The number of fused-ring (bicyclic) bond motifs is 1. The Bertz CT molecular complexity index is 836. The third-order valence-electron chi connectivity index (χ3n) is 4.62. The van der Waals surface area contributed by atoms with Crippen LogP contribution < -0.4 is 5.32 Å². The maximum Gasteiger partial charge on any atom is 0.391 e. The standard InChI is InChI=1S/C19H20F4N2O2/c1-18(10-19(21,22)23,11-27-14-5-3-6-14)25-17(26)13-8-12-4-2-7-15(20)16(12)24-9-13/h2,4,7-9,14H,3,5-6,10-11H2,1H3,(H,25,26)/t18-/m1/s1. The molecule has 1 aromatic carbocycles. The number of ether oxygens (including phenoxy) is 1. The van der Waals surface area contributed by atoms with Gasteiger partial charge < -0.3 is 10.1 Å². The van der Waals surface area contributed by atoms with Gasteiger partial charge in [0.15, 0.2) is 0 Å². The van der Waals surface area contributed by atoms with Gasteiger partial charge in [0, 0.05) is 11.6 Å². The number of carbonyl (C=O) groups is 1. The molecule has 0 unspecified atom stereocenters. The van der Waals surface area contributed by atoms with E-state index in [0.29, 0.717) is 5.39 Å². The van der Waals surface area contributed by atoms with E-state index in [-0.39, 0.29) is 23.8 Å². The second-order valence-electron chi connectivity index (χ2n) is 7.21. The molecule has 1 heterocycles. The minimum absolute atomic E-state index is 0.0558. The summed E-state index contributed by atoms with van der Waals surface area (Å²) in [5, 5.41) is 2.83. The van der Waals surface area contributed by atoms with Crippen LogP contribution in [0.25, 0.3) is 10.9 Å². The summed E-state index contributed by atoms with van der Waals surface area (Å²) >= 11 is 0. The number of hydrogen-bond acceptors (Lipinski definition) is 3. The van der Waals surface area contributed by atoms with Crippen molar-refractivity contribution < 1.29 is 27.1 Å². The third-order valence-corrected chi connectivity index (χ3v) is 4.62. The van der Waals surface area contributed by atoms with Crippen molar-refractivity contribution in [1.29, 1.82) is 0 Å². The Kier molecular flexibility index (Phi) is 5.37. The van der Waals surface area contributed by atoms with Crippen molar-refractivity contribution in [3.8, 4) is 0 Å². The van der Waals surface area contributed by atoms with E-state index in [1.807, 2.05) is 0 Å². The van der Waals surface area contributed by atoms with E-state index in [2.05, 4.69) is 10.3 Å². The molecular formula is C19H20F4N2O2. The number of pyridine rings is 1. The quantitative estimate of drug-likeness (QED) is 0.752. The molecule has 27 heavy (non-hydrogen) atoms. The van der Waals surface area contributed by atoms with Crippen LogP contribution >= 0.6 is 0 Å². The zero-order valence-corrected chi connectivity index (χ0v) is 14.8. The van der Waals surface area contributed by atoms with Gasteiger partial charge in [-0.1, -0.05) is 12.1 Å². The number of nitrogens with zero attached hydrogens (tertiary/aromatic N) is 1. The number of benzene rings is 1. The van der Waals surface area contributed by atoms with Gasteiger partial charge in [0.1, 0.15) is 11.3 Å². The Balaban J connectivity index is 1.78. The molecule has 1 saturated carbocycles. The molecule has 0 radical (unpaired) electrons. The zero-order valence-electron chi connectivity index (χ0n) is 14.8. The number of aromatic nitrogens is 1. The fraction of sp³-hybridized carbons (Fsp3) is 0.474. The first-order chi connectivity index (χ1) is 12.7. The van der Waals surface area contributed by atoms with Crippen LogP contribution in [-0.4, -0.2) is 35.3 Å². The summed E-state index contributed by atoms with van der Waals surface area (Å²) in [5.41, 5.74) is -1.45.